The van der Waals surface area contributed by atoms with Crippen LogP contribution in [0, 0.1) is 6.92 Å². The van der Waals surface area contributed by atoms with Crippen LogP contribution in [0.2, 0.25) is 0 Å². The second kappa shape index (κ2) is 11.7. The molecule has 0 heterocycles. The molecule has 0 amide bonds. The van der Waals surface area contributed by atoms with Gasteiger partial charge in [-0.2, -0.15) is 0 Å². The molecule has 1 rings (SSSR count). The van der Waals surface area contributed by atoms with Gasteiger partial charge < -0.3 is 15.4 Å². The Kier molecular flexibility index (Phi) is 11.1. The molecule has 1 aromatic rings. The van der Waals surface area contributed by atoms with E-state index in [-0.39, 0.29) is 30.1 Å². The summed E-state index contributed by atoms with van der Waals surface area (Å²) in [6.45, 7) is 10.7. The summed E-state index contributed by atoms with van der Waals surface area (Å²) in [6.07, 6.45) is 1.03. The predicted octanol–water partition coefficient (Wildman–Crippen LogP) is 3.35. The number of rotatable bonds is 7. The lowest BCUT2D eigenvalue weighted by molar-refractivity contribution is 0.204. The number of ether oxygens (including phenoxy) is 1. The summed E-state index contributed by atoms with van der Waals surface area (Å²) in [4.78, 5) is 4.57. The first kappa shape index (κ1) is 20.0. The Balaban J connectivity index is 0.00000400. The minimum absolute atomic E-state index is 0. The van der Waals surface area contributed by atoms with Gasteiger partial charge in [-0.25, -0.2) is 4.99 Å². The van der Waals surface area contributed by atoms with Gasteiger partial charge in [-0.1, -0.05) is 25.1 Å². The molecule has 0 spiro atoms. The van der Waals surface area contributed by atoms with Gasteiger partial charge in [-0.3, -0.25) is 0 Å². The molecule has 1 unspecified atom stereocenters. The molecule has 21 heavy (non-hydrogen) atoms. The van der Waals surface area contributed by atoms with Crippen LogP contribution < -0.4 is 15.4 Å². The van der Waals surface area contributed by atoms with Crippen molar-refractivity contribution in [3.63, 3.8) is 0 Å². The van der Waals surface area contributed by atoms with Gasteiger partial charge in [0.05, 0.1) is 6.54 Å². The lowest BCUT2D eigenvalue weighted by Crippen LogP contribution is -2.38. The van der Waals surface area contributed by atoms with Crippen molar-refractivity contribution in [2.24, 2.45) is 4.99 Å². The average Bonchev–Trinajstić information content (AvgIpc) is 2.45. The first-order valence-electron chi connectivity index (χ1n) is 7.45. The highest BCUT2D eigenvalue weighted by Crippen LogP contribution is 2.18. The standard InChI is InChI=1S/C16H27N3O.HI/c1-5-14(12-19-16(17-6-2)18-7-3)20-15-11-9-8-10-13(15)4;/h8-11,14H,5-7,12H2,1-4H3,(H2,17,18,19);1H. The van der Waals surface area contributed by atoms with Crippen molar-refractivity contribution in [1.82, 2.24) is 10.6 Å². The van der Waals surface area contributed by atoms with Crippen LogP contribution in [-0.4, -0.2) is 31.7 Å². The number of nitrogens with zero attached hydrogens (tertiary/aromatic N) is 1. The number of benzene rings is 1. The molecule has 0 saturated heterocycles. The van der Waals surface area contributed by atoms with E-state index in [4.69, 9.17) is 4.74 Å². The molecule has 4 nitrogen and oxygen atoms in total. The van der Waals surface area contributed by atoms with Gasteiger partial charge in [0.25, 0.3) is 0 Å². The number of para-hydroxylation sites is 1. The highest BCUT2D eigenvalue weighted by Gasteiger charge is 2.09. The van der Waals surface area contributed by atoms with E-state index in [1.54, 1.807) is 0 Å². The molecule has 5 heteroatoms. The third-order valence-corrected chi connectivity index (χ3v) is 2.98. The molecule has 0 radical (unpaired) electrons. The van der Waals surface area contributed by atoms with Crippen LogP contribution in [0.1, 0.15) is 32.8 Å². The quantitative estimate of drug-likeness (QED) is 0.416. The lowest BCUT2D eigenvalue weighted by Gasteiger charge is -2.18. The Bertz CT molecular complexity index is 416. The number of aryl methyl sites for hydroxylation is 1. The van der Waals surface area contributed by atoms with E-state index in [1.807, 2.05) is 18.2 Å². The summed E-state index contributed by atoms with van der Waals surface area (Å²) in [6, 6.07) is 8.10. The Morgan fingerprint density at radius 3 is 2.29 bits per heavy atom. The molecule has 120 valence electrons. The number of hydrogen-bond acceptors (Lipinski definition) is 2. The monoisotopic (exact) mass is 405 g/mol. The molecular weight excluding hydrogens is 377 g/mol. The van der Waals surface area contributed by atoms with Gasteiger partial charge in [0.15, 0.2) is 5.96 Å². The van der Waals surface area contributed by atoms with Crippen molar-refractivity contribution in [2.45, 2.75) is 40.2 Å². The molecule has 0 aliphatic carbocycles. The minimum Gasteiger partial charge on any atom is -0.488 e. The van der Waals surface area contributed by atoms with Gasteiger partial charge in [0, 0.05) is 13.1 Å². The summed E-state index contributed by atoms with van der Waals surface area (Å²) in [5, 5.41) is 6.44. The molecule has 0 saturated carbocycles. The van der Waals surface area contributed by atoms with E-state index in [0.29, 0.717) is 6.54 Å². The molecule has 0 aliphatic heterocycles. The first-order valence-corrected chi connectivity index (χ1v) is 7.45. The highest BCUT2D eigenvalue weighted by molar-refractivity contribution is 14.0. The smallest absolute Gasteiger partial charge is 0.191 e. The Labute approximate surface area is 145 Å². The Morgan fingerprint density at radius 1 is 1.14 bits per heavy atom. The maximum absolute atomic E-state index is 6.04. The summed E-state index contributed by atoms with van der Waals surface area (Å²) < 4.78 is 6.04. The van der Waals surface area contributed by atoms with Crippen molar-refractivity contribution < 1.29 is 4.74 Å². The van der Waals surface area contributed by atoms with E-state index in [2.05, 4.69) is 49.4 Å². The predicted molar refractivity (Wildman–Crippen MR) is 101 cm³/mol. The zero-order chi connectivity index (χ0) is 14.8. The fourth-order valence-corrected chi connectivity index (χ4v) is 1.82. The van der Waals surface area contributed by atoms with Gasteiger partial charge in [0.1, 0.15) is 11.9 Å². The maximum atomic E-state index is 6.04. The third kappa shape index (κ3) is 7.55. The fourth-order valence-electron chi connectivity index (χ4n) is 1.82. The van der Waals surface area contributed by atoms with Crippen LogP contribution in [0.15, 0.2) is 29.3 Å². The molecule has 0 fully saturated rings. The molecular formula is C16H28IN3O. The number of guanidine groups is 1. The summed E-state index contributed by atoms with van der Waals surface area (Å²) >= 11 is 0. The van der Waals surface area contributed by atoms with E-state index in [9.17, 15) is 0 Å². The fraction of sp³-hybridized carbons (Fsp3) is 0.562. The number of nitrogens with one attached hydrogen (secondary N) is 2. The molecule has 0 bridgehead atoms. The summed E-state index contributed by atoms with van der Waals surface area (Å²) in [5.74, 6) is 1.80. The summed E-state index contributed by atoms with van der Waals surface area (Å²) in [5.41, 5.74) is 1.16. The molecule has 0 aromatic heterocycles. The van der Waals surface area contributed by atoms with Gasteiger partial charge in [-0.15, -0.1) is 24.0 Å². The average molecular weight is 405 g/mol. The SMILES string of the molecule is CCNC(=NCC(CC)Oc1ccccc1C)NCC.I. The Morgan fingerprint density at radius 2 is 1.76 bits per heavy atom. The van der Waals surface area contributed by atoms with Crippen LogP contribution in [0.25, 0.3) is 0 Å². The second-order valence-corrected chi connectivity index (χ2v) is 4.66. The van der Waals surface area contributed by atoms with Crippen LogP contribution in [0.5, 0.6) is 5.75 Å². The number of halogens is 1. The van der Waals surface area contributed by atoms with Crippen LogP contribution in [0.4, 0.5) is 0 Å². The van der Waals surface area contributed by atoms with Gasteiger partial charge in [0.2, 0.25) is 0 Å². The number of hydrogen-bond donors (Lipinski definition) is 2. The highest BCUT2D eigenvalue weighted by atomic mass is 127. The zero-order valence-electron chi connectivity index (χ0n) is 13.5. The Hall–Kier alpha value is -0.980. The normalized spacial score (nSPS) is 11.0. The second-order valence-electron chi connectivity index (χ2n) is 4.66. The molecule has 2 N–H and O–H groups in total. The molecule has 1 atom stereocenters. The van der Waals surface area contributed by atoms with Gasteiger partial charge >= 0.3 is 0 Å². The first-order chi connectivity index (χ1) is 9.71. The van der Waals surface area contributed by atoms with Crippen molar-refractivity contribution in [3.8, 4) is 5.75 Å². The zero-order valence-corrected chi connectivity index (χ0v) is 15.8. The summed E-state index contributed by atoms with van der Waals surface area (Å²) in [7, 11) is 0. The van der Waals surface area contributed by atoms with E-state index in [1.165, 1.54) is 0 Å². The lowest BCUT2D eigenvalue weighted by atomic mass is 10.2. The van der Waals surface area contributed by atoms with Crippen LogP contribution in [-0.2, 0) is 0 Å². The molecule has 0 aliphatic rings. The molecule has 1 aromatic carbocycles. The van der Waals surface area contributed by atoms with Crippen molar-refractivity contribution >= 4 is 29.9 Å². The van der Waals surface area contributed by atoms with Crippen LogP contribution in [0.3, 0.4) is 0 Å². The number of aliphatic imine (C=N–C) groups is 1. The van der Waals surface area contributed by atoms with E-state index < -0.39 is 0 Å². The minimum atomic E-state index is 0. The third-order valence-electron chi connectivity index (χ3n) is 2.98. The van der Waals surface area contributed by atoms with E-state index >= 15 is 0 Å². The topological polar surface area (TPSA) is 45.7 Å². The van der Waals surface area contributed by atoms with Crippen molar-refractivity contribution in [2.75, 3.05) is 19.6 Å². The largest absolute Gasteiger partial charge is 0.488 e. The van der Waals surface area contributed by atoms with Crippen molar-refractivity contribution in [1.29, 1.82) is 0 Å². The van der Waals surface area contributed by atoms with E-state index in [0.717, 1.165) is 36.8 Å². The van der Waals surface area contributed by atoms with Crippen molar-refractivity contribution in [3.05, 3.63) is 29.8 Å². The maximum Gasteiger partial charge on any atom is 0.191 e. The van der Waals surface area contributed by atoms with Crippen LogP contribution >= 0.6 is 24.0 Å². The van der Waals surface area contributed by atoms with Gasteiger partial charge in [-0.05, 0) is 38.8 Å².